The molecule has 2 amide bonds. The summed E-state index contributed by atoms with van der Waals surface area (Å²) >= 11 is 0. The minimum Gasteiger partial charge on any atom is -0.457 e. The molecule has 11 nitrogen and oxygen atoms in total. The molecule has 0 saturated heterocycles. The quantitative estimate of drug-likeness (QED) is 0.207. The maximum absolute atomic E-state index is 14.4. The first-order valence-electron chi connectivity index (χ1n) is 11.7. The normalized spacial score (nSPS) is 9.65. The molecular weight excluding hydrogens is 515 g/mol. The molecule has 2 aromatic heterocycles. The predicted molar refractivity (Wildman–Crippen MR) is 149 cm³/mol. The first-order valence-corrected chi connectivity index (χ1v) is 11.7. The molecule has 2 heterocycles. The van der Waals surface area contributed by atoms with E-state index in [-0.39, 0.29) is 29.3 Å². The summed E-state index contributed by atoms with van der Waals surface area (Å²) in [5.41, 5.74) is 1.91. The number of nitrogens with one attached hydrogen (secondary N) is 4. The van der Waals surface area contributed by atoms with Crippen molar-refractivity contribution in [1.29, 1.82) is 5.26 Å². The Balaban J connectivity index is 0.00000141. The number of pyridine rings is 1. The second-order valence-electron chi connectivity index (χ2n) is 7.72. The monoisotopic (exact) mass is 540 g/mol. The molecule has 12 heteroatoms. The van der Waals surface area contributed by atoms with Gasteiger partial charge in [-0.2, -0.15) is 10.2 Å². The zero-order chi connectivity index (χ0) is 28.9. The third-order valence-corrected chi connectivity index (χ3v) is 4.86. The zero-order valence-electron chi connectivity index (χ0n) is 21.6. The van der Waals surface area contributed by atoms with E-state index >= 15 is 0 Å². The first-order chi connectivity index (χ1) is 19.3. The van der Waals surface area contributed by atoms with Crippen molar-refractivity contribution in [2.45, 2.75) is 6.92 Å². The van der Waals surface area contributed by atoms with E-state index < -0.39 is 5.82 Å². The van der Waals surface area contributed by atoms with Gasteiger partial charge in [-0.3, -0.25) is 14.6 Å². The summed E-state index contributed by atoms with van der Waals surface area (Å²) in [6.45, 7) is 4.84. The molecule has 0 saturated carbocycles. The van der Waals surface area contributed by atoms with Crippen molar-refractivity contribution in [3.8, 4) is 17.6 Å². The Hall–Kier alpha value is -5.83. The van der Waals surface area contributed by atoms with E-state index in [4.69, 9.17) is 10.00 Å². The second-order valence-corrected chi connectivity index (χ2v) is 7.72. The molecule has 0 spiro atoms. The Morgan fingerprint density at radius 3 is 2.42 bits per heavy atom. The van der Waals surface area contributed by atoms with Crippen LogP contribution in [0, 0.1) is 17.1 Å². The molecule has 0 aliphatic heterocycles. The molecule has 2 aromatic carbocycles. The van der Waals surface area contributed by atoms with E-state index in [1.54, 1.807) is 60.7 Å². The molecule has 202 valence electrons. The van der Waals surface area contributed by atoms with Crippen LogP contribution < -0.4 is 26.0 Å². The lowest BCUT2D eigenvalue weighted by Crippen LogP contribution is -2.18. The summed E-state index contributed by atoms with van der Waals surface area (Å²) in [4.78, 5) is 35.5. The number of aromatic nitrogens is 3. The molecule has 0 fully saturated rings. The summed E-state index contributed by atoms with van der Waals surface area (Å²) in [7, 11) is 1.52. The van der Waals surface area contributed by atoms with Crippen molar-refractivity contribution in [3.63, 3.8) is 0 Å². The highest BCUT2D eigenvalue weighted by molar-refractivity contribution is 5.99. The van der Waals surface area contributed by atoms with Gasteiger partial charge in [-0.25, -0.2) is 9.37 Å². The van der Waals surface area contributed by atoms with Crippen LogP contribution in [0.25, 0.3) is 0 Å². The molecule has 0 unspecified atom stereocenters. The molecule has 0 aliphatic rings. The SMILES string of the molecule is C=CC(=O)Nc1cccc(Nc2nc(Nc3ccc(Oc4ccnc(C(=O)NC)c4)cc3)ncc2F)c1.CC#N. The second kappa shape index (κ2) is 14.2. The number of rotatable bonds is 9. The van der Waals surface area contributed by atoms with Crippen LogP contribution in [0.4, 0.5) is 33.2 Å². The predicted octanol–water partition coefficient (Wildman–Crippen LogP) is 5.30. The Kier molecular flexibility index (Phi) is 10.2. The Bertz CT molecular complexity index is 1540. The van der Waals surface area contributed by atoms with E-state index in [2.05, 4.69) is 42.8 Å². The van der Waals surface area contributed by atoms with E-state index in [0.29, 0.717) is 28.6 Å². The molecular formula is C28H25FN8O3. The fourth-order valence-electron chi connectivity index (χ4n) is 3.12. The van der Waals surface area contributed by atoms with Crippen LogP contribution in [0.15, 0.2) is 85.7 Å². The lowest BCUT2D eigenvalue weighted by Gasteiger charge is -2.11. The molecule has 0 bridgehead atoms. The van der Waals surface area contributed by atoms with Crippen molar-refractivity contribution in [2.75, 3.05) is 23.0 Å². The Morgan fingerprint density at radius 1 is 1.00 bits per heavy atom. The number of nitrogens with zero attached hydrogens (tertiary/aromatic N) is 4. The molecule has 4 rings (SSSR count). The maximum atomic E-state index is 14.4. The number of nitriles is 1. The third-order valence-electron chi connectivity index (χ3n) is 4.86. The third kappa shape index (κ3) is 8.35. The number of hydrogen-bond acceptors (Lipinski definition) is 9. The van der Waals surface area contributed by atoms with Crippen molar-refractivity contribution in [2.24, 2.45) is 0 Å². The van der Waals surface area contributed by atoms with Gasteiger partial charge in [-0.15, -0.1) is 0 Å². The van der Waals surface area contributed by atoms with E-state index in [1.807, 2.05) is 0 Å². The van der Waals surface area contributed by atoms with Crippen LogP contribution in [-0.2, 0) is 4.79 Å². The number of halogens is 1. The van der Waals surface area contributed by atoms with E-state index in [0.717, 1.165) is 12.3 Å². The molecule has 40 heavy (non-hydrogen) atoms. The van der Waals surface area contributed by atoms with Crippen molar-refractivity contribution < 1.29 is 18.7 Å². The fraction of sp³-hybridized carbons (Fsp3) is 0.0714. The lowest BCUT2D eigenvalue weighted by atomic mass is 10.2. The van der Waals surface area contributed by atoms with Crippen LogP contribution in [0.2, 0.25) is 0 Å². The summed E-state index contributed by atoms with van der Waals surface area (Å²) < 4.78 is 20.2. The van der Waals surface area contributed by atoms with Gasteiger partial charge in [0.1, 0.15) is 17.2 Å². The van der Waals surface area contributed by atoms with Crippen LogP contribution in [0.3, 0.4) is 0 Å². The van der Waals surface area contributed by atoms with Gasteiger partial charge in [0.25, 0.3) is 5.91 Å². The Labute approximate surface area is 229 Å². The van der Waals surface area contributed by atoms with Gasteiger partial charge in [-0.1, -0.05) is 12.6 Å². The molecule has 0 atom stereocenters. The highest BCUT2D eigenvalue weighted by Crippen LogP contribution is 2.26. The number of benzene rings is 2. The van der Waals surface area contributed by atoms with Gasteiger partial charge in [0.2, 0.25) is 11.9 Å². The van der Waals surface area contributed by atoms with Gasteiger partial charge in [0.15, 0.2) is 11.6 Å². The number of amides is 2. The molecule has 4 aromatic rings. The number of anilines is 5. The largest absolute Gasteiger partial charge is 0.457 e. The highest BCUT2D eigenvalue weighted by Gasteiger charge is 2.10. The van der Waals surface area contributed by atoms with Gasteiger partial charge < -0.3 is 26.0 Å². The average molecular weight is 541 g/mol. The van der Waals surface area contributed by atoms with Gasteiger partial charge in [0.05, 0.1) is 12.3 Å². The number of carbonyl (C=O) groups excluding carboxylic acids is 2. The average Bonchev–Trinajstić information content (AvgIpc) is 2.96. The minimum absolute atomic E-state index is 0.0470. The molecule has 0 radical (unpaired) electrons. The summed E-state index contributed by atoms with van der Waals surface area (Å²) in [6.07, 6.45) is 3.69. The van der Waals surface area contributed by atoms with E-state index in [1.165, 1.54) is 26.2 Å². The van der Waals surface area contributed by atoms with Crippen molar-refractivity contribution in [1.82, 2.24) is 20.3 Å². The van der Waals surface area contributed by atoms with Crippen LogP contribution >= 0.6 is 0 Å². The lowest BCUT2D eigenvalue weighted by molar-refractivity contribution is -0.111. The maximum Gasteiger partial charge on any atom is 0.269 e. The summed E-state index contributed by atoms with van der Waals surface area (Å²) in [6, 6.07) is 18.6. The number of ether oxygens (including phenoxy) is 1. The van der Waals surface area contributed by atoms with Gasteiger partial charge in [-0.05, 0) is 54.6 Å². The Morgan fingerprint density at radius 2 is 1.73 bits per heavy atom. The minimum atomic E-state index is -0.650. The number of carbonyl (C=O) groups is 2. The van der Waals surface area contributed by atoms with Gasteiger partial charge in [0, 0.05) is 43.3 Å². The topological polar surface area (TPSA) is 154 Å². The van der Waals surface area contributed by atoms with Crippen molar-refractivity contribution in [3.05, 3.63) is 97.2 Å². The van der Waals surface area contributed by atoms with Crippen LogP contribution in [-0.4, -0.2) is 33.8 Å². The zero-order valence-corrected chi connectivity index (χ0v) is 21.6. The fourth-order valence-corrected chi connectivity index (χ4v) is 3.12. The first kappa shape index (κ1) is 28.7. The standard InChI is InChI=1S/C26H22FN7O3.C2H3N/c1-3-23(35)31-17-5-4-6-18(13-17)32-24-21(27)15-30-26(34-24)33-16-7-9-19(10-8-16)37-20-11-12-29-22(14-20)25(36)28-2;1-2-3/h3-15H,1H2,2H3,(H,28,36)(H,31,35)(H2,30,32,33,34);1H3. The highest BCUT2D eigenvalue weighted by atomic mass is 19.1. The molecule has 4 N–H and O–H groups in total. The van der Waals surface area contributed by atoms with Crippen LogP contribution in [0.1, 0.15) is 17.4 Å². The molecule has 0 aliphatic carbocycles. The van der Waals surface area contributed by atoms with Gasteiger partial charge >= 0.3 is 0 Å². The smallest absolute Gasteiger partial charge is 0.269 e. The number of hydrogen-bond donors (Lipinski definition) is 4. The van der Waals surface area contributed by atoms with E-state index in [9.17, 15) is 14.0 Å². The summed E-state index contributed by atoms with van der Waals surface area (Å²) in [5.74, 6) is -0.214. The van der Waals surface area contributed by atoms with Crippen molar-refractivity contribution >= 4 is 40.6 Å². The summed E-state index contributed by atoms with van der Waals surface area (Å²) in [5, 5.41) is 18.4. The van der Waals surface area contributed by atoms with Crippen LogP contribution in [0.5, 0.6) is 11.5 Å².